The molecule has 1 heterocycles. The number of halogens is 2. The van der Waals surface area contributed by atoms with E-state index >= 15 is 0 Å². The van der Waals surface area contributed by atoms with E-state index < -0.39 is 16.0 Å². The van der Waals surface area contributed by atoms with Crippen LogP contribution >= 0.6 is 46.0 Å². The summed E-state index contributed by atoms with van der Waals surface area (Å²) in [6.07, 6.45) is 1.58. The van der Waals surface area contributed by atoms with Gasteiger partial charge in [0, 0.05) is 5.02 Å². The third-order valence-electron chi connectivity index (χ3n) is 5.24. The number of carbonyl (C=O) groups excluding carboxylic acids is 2. The number of hydrogen-bond donors (Lipinski definition) is 0. The highest BCUT2D eigenvalue weighted by Crippen LogP contribution is 2.39. The molecule has 11 heteroatoms. The van der Waals surface area contributed by atoms with Crippen molar-refractivity contribution in [1.29, 1.82) is 0 Å². The van der Waals surface area contributed by atoms with Crippen molar-refractivity contribution in [2.45, 2.75) is 25.3 Å². The van der Waals surface area contributed by atoms with Crippen LogP contribution < -0.4 is 8.92 Å². The second-order valence-electron chi connectivity index (χ2n) is 8.01. The van der Waals surface area contributed by atoms with Gasteiger partial charge in [-0.3, -0.25) is 14.5 Å². The minimum Gasteiger partial charge on any atom is -0.490 e. The monoisotopic (exact) mass is 669 g/mol. The normalized spacial score (nSPS) is 14.9. The number of imide groups is 1. The molecule has 2 amide bonds. The van der Waals surface area contributed by atoms with Gasteiger partial charge in [-0.15, -0.1) is 0 Å². The molecule has 1 aliphatic heterocycles. The Morgan fingerprint density at radius 2 is 1.81 bits per heavy atom. The fourth-order valence-corrected chi connectivity index (χ4v) is 6.38. The van der Waals surface area contributed by atoms with Gasteiger partial charge in [0.25, 0.3) is 11.1 Å². The molecule has 3 aromatic carbocycles. The molecule has 3 aromatic rings. The first-order valence-electron chi connectivity index (χ1n) is 11.0. The number of ether oxygens (including phenoxy) is 1. The lowest BCUT2D eigenvalue weighted by molar-refractivity contribution is -0.123. The molecule has 1 aliphatic rings. The zero-order valence-corrected chi connectivity index (χ0v) is 24.3. The van der Waals surface area contributed by atoms with Crippen LogP contribution in [0.5, 0.6) is 11.5 Å². The summed E-state index contributed by atoms with van der Waals surface area (Å²) in [5.41, 5.74) is 2.21. The Kier molecular flexibility index (Phi) is 8.52. The molecule has 0 N–H and O–H groups in total. The van der Waals surface area contributed by atoms with Crippen LogP contribution in [0, 0.1) is 10.5 Å². The quantitative estimate of drug-likeness (QED) is 0.151. The molecule has 0 spiro atoms. The molecule has 0 aliphatic carbocycles. The lowest BCUT2D eigenvalue weighted by Gasteiger charge is -2.15. The van der Waals surface area contributed by atoms with E-state index in [1.807, 2.05) is 29.5 Å². The van der Waals surface area contributed by atoms with E-state index in [9.17, 15) is 18.0 Å². The van der Waals surface area contributed by atoms with Crippen molar-refractivity contribution in [3.05, 3.63) is 90.9 Å². The van der Waals surface area contributed by atoms with Crippen LogP contribution in [0.1, 0.15) is 23.6 Å². The number of amides is 2. The molecule has 0 unspecified atom stereocenters. The van der Waals surface area contributed by atoms with E-state index in [4.69, 9.17) is 20.5 Å². The van der Waals surface area contributed by atoms with Crippen LogP contribution in [0.15, 0.2) is 70.5 Å². The highest BCUT2D eigenvalue weighted by Gasteiger charge is 2.35. The van der Waals surface area contributed by atoms with Gasteiger partial charge in [-0.1, -0.05) is 41.4 Å². The van der Waals surface area contributed by atoms with Crippen LogP contribution in [0.2, 0.25) is 5.02 Å². The van der Waals surface area contributed by atoms with Crippen molar-refractivity contribution in [2.24, 2.45) is 0 Å². The maximum atomic E-state index is 13.0. The van der Waals surface area contributed by atoms with Gasteiger partial charge in [-0.2, -0.15) is 8.42 Å². The molecule has 4 rings (SSSR count). The van der Waals surface area contributed by atoms with Gasteiger partial charge >= 0.3 is 10.1 Å². The zero-order valence-electron chi connectivity index (χ0n) is 19.7. The van der Waals surface area contributed by atoms with Crippen molar-refractivity contribution in [3.8, 4) is 11.5 Å². The summed E-state index contributed by atoms with van der Waals surface area (Å²) in [7, 11) is -4.10. The molecule has 0 atom stereocenters. The summed E-state index contributed by atoms with van der Waals surface area (Å²) >= 11 is 8.81. The summed E-state index contributed by atoms with van der Waals surface area (Å²) in [5.74, 6) is -0.172. The third kappa shape index (κ3) is 6.49. The summed E-state index contributed by atoms with van der Waals surface area (Å²) in [5, 5.41) is 0.129. The summed E-state index contributed by atoms with van der Waals surface area (Å²) < 4.78 is 37.4. The average molecular weight is 670 g/mol. The summed E-state index contributed by atoms with van der Waals surface area (Å²) in [6, 6.07) is 16.5. The Labute approximate surface area is 238 Å². The predicted molar refractivity (Wildman–Crippen MR) is 152 cm³/mol. The first-order chi connectivity index (χ1) is 17.6. The molecule has 0 saturated carbocycles. The number of rotatable bonds is 8. The molecule has 37 heavy (non-hydrogen) atoms. The number of hydrogen-bond acceptors (Lipinski definition) is 7. The summed E-state index contributed by atoms with van der Waals surface area (Å²) in [4.78, 5) is 27.0. The highest BCUT2D eigenvalue weighted by molar-refractivity contribution is 14.1. The number of benzene rings is 3. The minimum absolute atomic E-state index is 0.0220. The molecular weight excluding hydrogens is 649 g/mol. The Balaban J connectivity index is 1.62. The maximum absolute atomic E-state index is 13.0. The number of thioether (sulfide) groups is 1. The first-order valence-corrected chi connectivity index (χ1v) is 14.7. The van der Waals surface area contributed by atoms with Crippen molar-refractivity contribution in [3.63, 3.8) is 0 Å². The largest absolute Gasteiger partial charge is 0.490 e. The van der Waals surface area contributed by atoms with Gasteiger partial charge in [0.2, 0.25) is 0 Å². The fraction of sp³-hybridized carbons (Fsp3) is 0.154. The molecule has 0 radical (unpaired) electrons. The zero-order chi connectivity index (χ0) is 26.7. The van der Waals surface area contributed by atoms with Crippen LogP contribution in [-0.2, 0) is 21.5 Å². The molecule has 0 bridgehead atoms. The Morgan fingerprint density at radius 1 is 1.08 bits per heavy atom. The number of carbonyl (C=O) groups is 2. The minimum atomic E-state index is -4.10. The number of aryl methyl sites for hydroxylation is 1. The van der Waals surface area contributed by atoms with E-state index in [1.165, 1.54) is 12.1 Å². The molecule has 0 aromatic heterocycles. The van der Waals surface area contributed by atoms with Crippen molar-refractivity contribution >= 4 is 73.3 Å². The van der Waals surface area contributed by atoms with Crippen molar-refractivity contribution in [2.75, 3.05) is 6.61 Å². The predicted octanol–water partition coefficient (Wildman–Crippen LogP) is 6.66. The van der Waals surface area contributed by atoms with E-state index in [1.54, 1.807) is 61.5 Å². The van der Waals surface area contributed by atoms with Crippen LogP contribution in [0.4, 0.5) is 4.79 Å². The molecule has 192 valence electrons. The van der Waals surface area contributed by atoms with Crippen molar-refractivity contribution in [1.82, 2.24) is 4.90 Å². The van der Waals surface area contributed by atoms with Gasteiger partial charge < -0.3 is 8.92 Å². The van der Waals surface area contributed by atoms with Crippen LogP contribution in [0.3, 0.4) is 0 Å². The standard InChI is InChI=1S/C26H21ClINO6S2/c1-3-34-22-13-18(12-21(28)24(22)35-37(32,33)20-9-7-16(2)8-10-20)14-23-25(30)29(26(31)36-23)15-17-5-4-6-19(27)11-17/h4-14H,3,15H2,1-2H3/b23-14-. The first kappa shape index (κ1) is 27.5. The topological polar surface area (TPSA) is 90.0 Å². The van der Waals surface area contributed by atoms with E-state index in [-0.39, 0.29) is 39.7 Å². The Bertz CT molecular complexity index is 1510. The molecule has 1 saturated heterocycles. The van der Waals surface area contributed by atoms with Gasteiger partial charge in [-0.05, 0) is 102 Å². The lowest BCUT2D eigenvalue weighted by atomic mass is 10.1. The van der Waals surface area contributed by atoms with Crippen molar-refractivity contribution < 1.29 is 26.9 Å². The second-order valence-corrected chi connectivity index (χ2v) is 12.1. The SMILES string of the molecule is CCOc1cc(/C=C2\SC(=O)N(Cc3cccc(Cl)c3)C2=O)cc(I)c1OS(=O)(=O)c1ccc(C)cc1. The Morgan fingerprint density at radius 3 is 2.49 bits per heavy atom. The van der Waals surface area contributed by atoms with Gasteiger partial charge in [0.15, 0.2) is 11.5 Å². The molecule has 7 nitrogen and oxygen atoms in total. The highest BCUT2D eigenvalue weighted by atomic mass is 127. The third-order valence-corrected chi connectivity index (χ3v) is 8.41. The van der Waals surface area contributed by atoms with Gasteiger partial charge in [0.1, 0.15) is 4.90 Å². The second kappa shape index (κ2) is 11.5. The molecule has 1 fully saturated rings. The Hall–Kier alpha value is -2.54. The van der Waals surface area contributed by atoms with Gasteiger partial charge in [0.05, 0.1) is 21.6 Å². The average Bonchev–Trinajstić information content (AvgIpc) is 3.09. The van der Waals surface area contributed by atoms with E-state index in [0.29, 0.717) is 14.2 Å². The van der Waals surface area contributed by atoms with E-state index in [0.717, 1.165) is 27.8 Å². The maximum Gasteiger partial charge on any atom is 0.339 e. The van der Waals surface area contributed by atoms with Crippen LogP contribution in [0.25, 0.3) is 6.08 Å². The summed E-state index contributed by atoms with van der Waals surface area (Å²) in [6.45, 7) is 3.99. The van der Waals surface area contributed by atoms with Crippen LogP contribution in [-0.4, -0.2) is 31.1 Å². The van der Waals surface area contributed by atoms with E-state index in [2.05, 4.69) is 0 Å². The fourth-order valence-electron chi connectivity index (χ4n) is 3.48. The van der Waals surface area contributed by atoms with Gasteiger partial charge in [-0.25, -0.2) is 0 Å². The lowest BCUT2D eigenvalue weighted by Crippen LogP contribution is -2.27. The molecular formula is C26H21ClINO6S2. The smallest absolute Gasteiger partial charge is 0.339 e. The number of nitrogens with zero attached hydrogens (tertiary/aromatic N) is 1.